The summed E-state index contributed by atoms with van der Waals surface area (Å²) in [6, 6.07) is 83.7. The van der Waals surface area contributed by atoms with Crippen LogP contribution in [0.5, 0.6) is 0 Å². The molecule has 16 heteroatoms. The lowest BCUT2D eigenvalue weighted by atomic mass is 9.87. The molecule has 16 nitrogen and oxygen atoms in total. The average molecular weight is 1350 g/mol. The van der Waals surface area contributed by atoms with Crippen LogP contribution in [0.3, 0.4) is 0 Å². The third-order valence-electron chi connectivity index (χ3n) is 15.9. The molecule has 0 aliphatic heterocycles. The Balaban J connectivity index is 0.000000228. The molecule has 0 saturated carbocycles. The van der Waals surface area contributed by atoms with Gasteiger partial charge in [-0.3, -0.25) is 0 Å². The van der Waals surface area contributed by atoms with E-state index in [2.05, 4.69) is 71.5 Å². The number of carbonyl (C=O) groups is 4. The Morgan fingerprint density at radius 3 is 0.560 bits per heavy atom. The lowest BCUT2D eigenvalue weighted by molar-refractivity contribution is -0.540. The molecule has 12 aromatic carbocycles. The van der Waals surface area contributed by atoms with E-state index in [1.807, 2.05) is 149 Å². The van der Waals surface area contributed by atoms with Crippen LogP contribution in [-0.4, -0.2) is 70.7 Å². The predicted molar refractivity (Wildman–Crippen MR) is 389 cm³/mol. The second kappa shape index (κ2) is 42.8. The first kappa shape index (κ1) is 79.9. The Morgan fingerprint density at radius 1 is 0.260 bits per heavy atom. The molecule has 0 amide bonds. The monoisotopic (exact) mass is 1350 g/mol. The fourth-order valence-electron chi connectivity index (χ4n) is 10.6. The van der Waals surface area contributed by atoms with Crippen molar-refractivity contribution < 1.29 is 83.0 Å². The summed E-state index contributed by atoms with van der Waals surface area (Å²) in [6.45, 7) is 9.00. The van der Waals surface area contributed by atoms with Crippen molar-refractivity contribution in [3.63, 3.8) is 0 Å². The summed E-state index contributed by atoms with van der Waals surface area (Å²) in [5.74, 6) is -5.43. The Morgan fingerprint density at radius 2 is 0.410 bits per heavy atom. The second-order valence-corrected chi connectivity index (χ2v) is 22.9. The fourth-order valence-corrected chi connectivity index (χ4v) is 10.6. The van der Waals surface area contributed by atoms with Crippen molar-refractivity contribution in [2.24, 2.45) is 0 Å². The predicted octanol–water partition coefficient (Wildman–Crippen LogP) is 8.23. The van der Waals surface area contributed by atoms with E-state index in [0.717, 1.165) is 47.2 Å². The Hall–Kier alpha value is -10.8. The fraction of sp³-hybridized carbons (Fsp3) is 0.190. The highest BCUT2D eigenvalue weighted by Gasteiger charge is 2.25. The van der Waals surface area contributed by atoms with Gasteiger partial charge in [-0.1, -0.05) is 295 Å². The third-order valence-corrected chi connectivity index (χ3v) is 15.9. The molecule has 0 saturated heterocycles. The van der Waals surface area contributed by atoms with E-state index >= 15 is 0 Å². The maximum absolute atomic E-state index is 11.8. The highest BCUT2D eigenvalue weighted by atomic mass is 16.4. The smallest absolute Gasteiger partial charge is 0.167 e. The zero-order valence-corrected chi connectivity index (χ0v) is 57.3. The number of hydrogen-bond acceptors (Lipinski definition) is 12. The van der Waals surface area contributed by atoms with Crippen LogP contribution < -0.4 is 43.4 Å². The van der Waals surface area contributed by atoms with Gasteiger partial charge in [-0.05, 0) is 91.0 Å². The van der Waals surface area contributed by atoms with E-state index in [1.165, 1.54) is 46.5 Å². The van der Waals surface area contributed by atoms with E-state index in [1.54, 1.807) is 72.8 Å². The maximum Gasteiger partial charge on any atom is 0.167 e. The number of aliphatic hydroxyl groups is 4. The lowest BCUT2D eigenvalue weighted by Crippen LogP contribution is -2.68. The number of benzene rings is 12. The zero-order chi connectivity index (χ0) is 72.9. The topological polar surface area (TPSA) is 352 Å². The van der Waals surface area contributed by atoms with Crippen LogP contribution in [0.1, 0.15) is 141 Å². The van der Waals surface area contributed by atoms with Gasteiger partial charge in [0.1, 0.15) is 0 Å². The Bertz CT molecular complexity index is 3890. The van der Waals surface area contributed by atoms with Gasteiger partial charge in [0.25, 0.3) is 0 Å². The molecule has 520 valence electrons. The standard InChI is InChI=1S/2C22H14O4.2C14H16N2.4C3H8O/c2*23-21(24)17-11-9-13-5-1-3-7-15(13)19(17)20-16-8-4-2-6-14(16)10-12-18(20)22(25)26;2*15-13(11-7-3-1-4-8-11)14(16)12-9-5-2-6-10-12;4*1-2-3-4/h2*1-12H,(H,23,24)(H,25,26);2*1-10,13-14H,15-16H2;4*4H,2-3H2,1H3/t;;2*13-,14-;;;;/m..10..../s1. The number of carboxylic acid groups (broad SMARTS) is 4. The molecule has 0 bridgehead atoms. The molecular weight excluding hydrogens is 1260 g/mol. The summed E-state index contributed by atoms with van der Waals surface area (Å²) >= 11 is 0. The van der Waals surface area contributed by atoms with Gasteiger partial charge in [0, 0.05) is 70.9 Å². The molecule has 12 aromatic rings. The molecule has 0 heterocycles. The van der Waals surface area contributed by atoms with E-state index in [4.69, 9.17) is 20.4 Å². The molecule has 16 N–H and O–H groups in total. The van der Waals surface area contributed by atoms with E-state index < -0.39 is 23.9 Å². The van der Waals surface area contributed by atoms with Crippen molar-refractivity contribution in [2.45, 2.75) is 77.5 Å². The molecule has 4 atom stereocenters. The minimum absolute atomic E-state index is 0.0532. The number of rotatable bonds is 16. The number of carboxylic acids is 4. The molecule has 0 fully saturated rings. The average Bonchev–Trinajstić information content (AvgIpc) is 0.756. The summed E-state index contributed by atoms with van der Waals surface area (Å²) in [5, 5.41) is 84.5. The van der Waals surface area contributed by atoms with Crippen LogP contribution in [0.25, 0.3) is 65.3 Å². The lowest BCUT2D eigenvalue weighted by Gasteiger charge is -2.20. The van der Waals surface area contributed by atoms with E-state index in [0.29, 0.717) is 70.2 Å². The van der Waals surface area contributed by atoms with Crippen LogP contribution in [0, 0.1) is 0 Å². The summed E-state index contributed by atoms with van der Waals surface area (Å²) in [7, 11) is 0. The van der Waals surface area contributed by atoms with Gasteiger partial charge >= 0.3 is 0 Å². The van der Waals surface area contributed by atoms with E-state index in [-0.39, 0.29) is 46.4 Å². The van der Waals surface area contributed by atoms with Crippen molar-refractivity contribution in [2.75, 3.05) is 26.4 Å². The molecule has 100 heavy (non-hydrogen) atoms. The van der Waals surface area contributed by atoms with Gasteiger partial charge < -0.3 is 83.0 Å². The first-order valence-corrected chi connectivity index (χ1v) is 33.3. The number of aliphatic hydroxyl groups excluding tert-OH is 4. The number of carbonyl (C=O) groups excluding carboxylic acids is 4. The number of fused-ring (bicyclic) bond motifs is 4. The summed E-state index contributed by atoms with van der Waals surface area (Å²) < 4.78 is 0. The second-order valence-electron chi connectivity index (χ2n) is 22.9. The SMILES string of the molecule is CCCO.CCCO.CCCO.CCCO.O=C([O-])c1ccc2ccccc2c1-c1c(C(=O)[O-])ccc2ccccc12.O=C([O-])c1ccc2ccccc2c1-c1c(C(=O)[O-])ccc2ccccc12.[NH3+][C@@H](c1ccccc1)[C@@H]([NH3+])c1ccccc1.[NH3+][C@H](c1ccccc1)[C@H]([NH3+])c1ccccc1. The largest absolute Gasteiger partial charge is 0.545 e. The number of aromatic carboxylic acids is 4. The Kier molecular flexibility index (Phi) is 34.2. The maximum atomic E-state index is 11.8. The quantitative estimate of drug-likeness (QED) is 0.0453. The van der Waals surface area contributed by atoms with Crippen molar-refractivity contribution in [3.8, 4) is 22.3 Å². The van der Waals surface area contributed by atoms with Crippen molar-refractivity contribution in [3.05, 3.63) is 311 Å². The highest BCUT2D eigenvalue weighted by Crippen LogP contribution is 2.41. The molecule has 0 unspecified atom stereocenters. The van der Waals surface area contributed by atoms with Gasteiger partial charge in [0.2, 0.25) is 0 Å². The molecule has 0 aliphatic rings. The van der Waals surface area contributed by atoms with Crippen LogP contribution >= 0.6 is 0 Å². The van der Waals surface area contributed by atoms with Gasteiger partial charge in [-0.25, -0.2) is 0 Å². The van der Waals surface area contributed by atoms with Crippen LogP contribution in [0.2, 0.25) is 0 Å². The van der Waals surface area contributed by atoms with Crippen molar-refractivity contribution in [1.82, 2.24) is 0 Å². The highest BCUT2D eigenvalue weighted by molar-refractivity contribution is 6.18. The molecule has 12 rings (SSSR count). The first-order valence-electron chi connectivity index (χ1n) is 33.3. The molecule has 0 spiro atoms. The third kappa shape index (κ3) is 22.7. The summed E-state index contributed by atoms with van der Waals surface area (Å²) in [6.07, 6.45) is 3.50. The van der Waals surface area contributed by atoms with Crippen LogP contribution in [0.4, 0.5) is 0 Å². The molecular formula is C84H92N4O12. The summed E-state index contributed by atoms with van der Waals surface area (Å²) in [4.78, 5) is 47.1. The number of hydrogen-bond donors (Lipinski definition) is 8. The Labute approximate surface area is 584 Å². The van der Waals surface area contributed by atoms with Crippen LogP contribution in [-0.2, 0) is 0 Å². The van der Waals surface area contributed by atoms with Crippen molar-refractivity contribution in [1.29, 1.82) is 0 Å². The van der Waals surface area contributed by atoms with Gasteiger partial charge in [0.05, 0.1) is 23.9 Å². The molecule has 0 radical (unpaired) electrons. The molecule has 0 aromatic heterocycles. The van der Waals surface area contributed by atoms with Gasteiger partial charge in [0.15, 0.2) is 24.2 Å². The van der Waals surface area contributed by atoms with Crippen LogP contribution in [0.15, 0.2) is 267 Å². The molecule has 0 aliphatic carbocycles. The summed E-state index contributed by atoms with van der Waals surface area (Å²) in [5.41, 5.74) is 23.0. The van der Waals surface area contributed by atoms with Crippen molar-refractivity contribution >= 4 is 67.0 Å². The van der Waals surface area contributed by atoms with Gasteiger partial charge in [-0.2, -0.15) is 0 Å². The normalized spacial score (nSPS) is 11.5. The zero-order valence-electron chi connectivity index (χ0n) is 57.3. The minimum Gasteiger partial charge on any atom is -0.545 e. The van der Waals surface area contributed by atoms with Gasteiger partial charge in [-0.15, -0.1) is 0 Å². The number of quaternary nitrogens is 4. The minimum atomic E-state index is -1.36. The van der Waals surface area contributed by atoms with E-state index in [9.17, 15) is 39.6 Å². The first-order chi connectivity index (χ1) is 48.4.